The number of amides is 1. The van der Waals surface area contributed by atoms with Gasteiger partial charge in [0.15, 0.2) is 6.10 Å². The molecule has 1 amide bonds. The maximum atomic E-state index is 12.6. The van der Waals surface area contributed by atoms with Gasteiger partial charge >= 0.3 is 5.97 Å². The van der Waals surface area contributed by atoms with Crippen LogP contribution < -0.4 is 0 Å². The van der Waals surface area contributed by atoms with Gasteiger partial charge in [-0.05, 0) is 12.0 Å². The number of carbonyl (C=O) groups is 2. The smallest absolute Gasteiger partial charge is 0.303 e. The molecule has 6 nitrogen and oxygen atoms in total. The Morgan fingerprint density at radius 3 is 2.64 bits per heavy atom. The van der Waals surface area contributed by atoms with E-state index in [0.717, 1.165) is 5.56 Å². The van der Waals surface area contributed by atoms with Gasteiger partial charge in [-0.25, -0.2) is 0 Å². The molecule has 1 atom stereocenters. The summed E-state index contributed by atoms with van der Waals surface area (Å²) in [6.45, 7) is 1.99. The van der Waals surface area contributed by atoms with Gasteiger partial charge in [0.2, 0.25) is 0 Å². The number of carboxylic acids is 1. The third-order valence-corrected chi connectivity index (χ3v) is 3.44. The maximum absolute atomic E-state index is 12.6. The van der Waals surface area contributed by atoms with Crippen LogP contribution in [0.3, 0.4) is 0 Å². The molecule has 1 aromatic rings. The van der Waals surface area contributed by atoms with Gasteiger partial charge in [0.1, 0.15) is 0 Å². The molecule has 1 aliphatic rings. The van der Waals surface area contributed by atoms with Crippen molar-refractivity contribution >= 4 is 11.9 Å². The average molecular weight is 307 g/mol. The molecule has 1 N–H and O–H groups in total. The van der Waals surface area contributed by atoms with Crippen LogP contribution >= 0.6 is 0 Å². The van der Waals surface area contributed by atoms with Crippen LogP contribution in [0.15, 0.2) is 30.3 Å². The highest BCUT2D eigenvalue weighted by Gasteiger charge is 2.27. The summed E-state index contributed by atoms with van der Waals surface area (Å²) >= 11 is 0. The number of ether oxygens (including phenoxy) is 2. The molecule has 1 saturated heterocycles. The Bertz CT molecular complexity index is 485. The highest BCUT2D eigenvalue weighted by atomic mass is 16.6. The first-order chi connectivity index (χ1) is 10.7. The van der Waals surface area contributed by atoms with Gasteiger partial charge in [0, 0.05) is 19.5 Å². The third-order valence-electron chi connectivity index (χ3n) is 3.44. The largest absolute Gasteiger partial charge is 0.481 e. The van der Waals surface area contributed by atoms with E-state index in [1.807, 2.05) is 30.3 Å². The standard InChI is InChI=1S/C16H21NO5/c18-15(19)7-4-8-17(11-13-5-2-1-3-6-13)16(20)14-12-21-9-10-22-14/h1-3,5-6,14H,4,7-12H2,(H,18,19). The zero-order chi connectivity index (χ0) is 15.8. The zero-order valence-corrected chi connectivity index (χ0v) is 12.4. The van der Waals surface area contributed by atoms with Crippen molar-refractivity contribution in [3.8, 4) is 0 Å². The van der Waals surface area contributed by atoms with Crippen LogP contribution in [-0.4, -0.2) is 54.4 Å². The van der Waals surface area contributed by atoms with E-state index in [0.29, 0.717) is 32.7 Å². The maximum Gasteiger partial charge on any atom is 0.303 e. The number of hydrogen-bond acceptors (Lipinski definition) is 4. The molecular weight excluding hydrogens is 286 g/mol. The summed E-state index contributed by atoms with van der Waals surface area (Å²) in [5, 5.41) is 8.76. The Morgan fingerprint density at radius 2 is 2.00 bits per heavy atom. The molecule has 1 aromatic carbocycles. The first-order valence-electron chi connectivity index (χ1n) is 7.40. The summed E-state index contributed by atoms with van der Waals surface area (Å²) in [4.78, 5) is 24.9. The van der Waals surface area contributed by atoms with Gasteiger partial charge in [0.05, 0.1) is 19.8 Å². The van der Waals surface area contributed by atoms with Crippen molar-refractivity contribution in [2.24, 2.45) is 0 Å². The molecule has 0 bridgehead atoms. The Labute approximate surface area is 129 Å². The summed E-state index contributed by atoms with van der Waals surface area (Å²) in [6, 6.07) is 9.62. The summed E-state index contributed by atoms with van der Waals surface area (Å²) in [5.74, 6) is -1.00. The van der Waals surface area contributed by atoms with Gasteiger partial charge in [-0.1, -0.05) is 30.3 Å². The van der Waals surface area contributed by atoms with Crippen molar-refractivity contribution in [3.63, 3.8) is 0 Å². The molecule has 0 spiro atoms. The van der Waals surface area contributed by atoms with E-state index >= 15 is 0 Å². The number of aliphatic carboxylic acids is 1. The molecule has 1 heterocycles. The number of benzene rings is 1. The molecule has 0 aromatic heterocycles. The predicted octanol–water partition coefficient (Wildman–Crippen LogP) is 1.30. The average Bonchev–Trinajstić information content (AvgIpc) is 2.55. The lowest BCUT2D eigenvalue weighted by Gasteiger charge is -2.29. The minimum atomic E-state index is -0.857. The van der Waals surface area contributed by atoms with E-state index in [-0.39, 0.29) is 18.9 Å². The lowest BCUT2D eigenvalue weighted by molar-refractivity contribution is -0.159. The Morgan fingerprint density at radius 1 is 1.23 bits per heavy atom. The van der Waals surface area contributed by atoms with E-state index < -0.39 is 12.1 Å². The minimum Gasteiger partial charge on any atom is -0.481 e. The Hall–Kier alpha value is -1.92. The quantitative estimate of drug-likeness (QED) is 0.821. The number of nitrogens with zero attached hydrogens (tertiary/aromatic N) is 1. The Balaban J connectivity index is 1.99. The van der Waals surface area contributed by atoms with Gasteiger partial charge in [0.25, 0.3) is 5.91 Å². The minimum absolute atomic E-state index is 0.0423. The summed E-state index contributed by atoms with van der Waals surface area (Å²) in [6.07, 6.45) is -0.135. The summed E-state index contributed by atoms with van der Waals surface area (Å²) < 4.78 is 10.7. The van der Waals surface area contributed by atoms with Gasteiger partial charge < -0.3 is 19.5 Å². The second kappa shape index (κ2) is 8.51. The second-order valence-electron chi connectivity index (χ2n) is 5.18. The van der Waals surface area contributed by atoms with Crippen LogP contribution in [0.4, 0.5) is 0 Å². The summed E-state index contributed by atoms with van der Waals surface area (Å²) in [5.41, 5.74) is 1.00. The van der Waals surface area contributed by atoms with E-state index in [1.165, 1.54) is 0 Å². The third kappa shape index (κ3) is 5.13. The topological polar surface area (TPSA) is 76.1 Å². The van der Waals surface area contributed by atoms with E-state index in [1.54, 1.807) is 4.90 Å². The molecule has 22 heavy (non-hydrogen) atoms. The van der Waals surface area contributed by atoms with Crippen LogP contribution in [0.1, 0.15) is 18.4 Å². The van der Waals surface area contributed by atoms with Crippen molar-refractivity contribution in [2.75, 3.05) is 26.4 Å². The van der Waals surface area contributed by atoms with Gasteiger partial charge in [-0.15, -0.1) is 0 Å². The first-order valence-corrected chi connectivity index (χ1v) is 7.40. The molecule has 1 fully saturated rings. The van der Waals surface area contributed by atoms with Crippen molar-refractivity contribution in [2.45, 2.75) is 25.5 Å². The van der Waals surface area contributed by atoms with E-state index in [9.17, 15) is 9.59 Å². The summed E-state index contributed by atoms with van der Waals surface area (Å²) in [7, 11) is 0. The van der Waals surface area contributed by atoms with Crippen LogP contribution in [-0.2, 0) is 25.6 Å². The van der Waals surface area contributed by atoms with Gasteiger partial charge in [-0.3, -0.25) is 9.59 Å². The van der Waals surface area contributed by atoms with Gasteiger partial charge in [-0.2, -0.15) is 0 Å². The Kier molecular flexibility index (Phi) is 6.36. The highest BCUT2D eigenvalue weighted by Crippen LogP contribution is 2.11. The second-order valence-corrected chi connectivity index (χ2v) is 5.18. The first kappa shape index (κ1) is 16.5. The number of hydrogen-bond donors (Lipinski definition) is 1. The van der Waals surface area contributed by atoms with Crippen molar-refractivity contribution in [3.05, 3.63) is 35.9 Å². The molecule has 2 rings (SSSR count). The number of carboxylic acid groups (broad SMARTS) is 1. The van der Waals surface area contributed by atoms with Crippen LogP contribution in [0.5, 0.6) is 0 Å². The lowest BCUT2D eigenvalue weighted by atomic mass is 10.1. The predicted molar refractivity (Wildman–Crippen MR) is 79.3 cm³/mol. The fraction of sp³-hybridized carbons (Fsp3) is 0.500. The fourth-order valence-electron chi connectivity index (χ4n) is 2.33. The van der Waals surface area contributed by atoms with E-state index in [2.05, 4.69) is 0 Å². The molecule has 6 heteroatoms. The number of rotatable bonds is 7. The van der Waals surface area contributed by atoms with Crippen LogP contribution in [0, 0.1) is 0 Å². The fourth-order valence-corrected chi connectivity index (χ4v) is 2.33. The molecule has 1 unspecified atom stereocenters. The van der Waals surface area contributed by atoms with Crippen LogP contribution in [0.2, 0.25) is 0 Å². The molecule has 120 valence electrons. The highest BCUT2D eigenvalue weighted by molar-refractivity contribution is 5.81. The molecule has 0 aliphatic carbocycles. The normalized spacial score (nSPS) is 17.9. The zero-order valence-electron chi connectivity index (χ0n) is 12.4. The SMILES string of the molecule is O=C(O)CCCN(Cc1ccccc1)C(=O)C1COCCO1. The molecule has 0 saturated carbocycles. The van der Waals surface area contributed by atoms with Crippen molar-refractivity contribution < 1.29 is 24.2 Å². The molecule has 0 radical (unpaired) electrons. The molecular formula is C16H21NO5. The monoisotopic (exact) mass is 307 g/mol. The lowest BCUT2D eigenvalue weighted by Crippen LogP contribution is -2.45. The van der Waals surface area contributed by atoms with E-state index in [4.69, 9.17) is 14.6 Å². The molecule has 1 aliphatic heterocycles. The van der Waals surface area contributed by atoms with Crippen molar-refractivity contribution in [1.29, 1.82) is 0 Å². The van der Waals surface area contributed by atoms with Crippen LogP contribution in [0.25, 0.3) is 0 Å². The number of carbonyl (C=O) groups excluding carboxylic acids is 1. The van der Waals surface area contributed by atoms with Crippen molar-refractivity contribution in [1.82, 2.24) is 4.90 Å².